The van der Waals surface area contributed by atoms with Crippen LogP contribution in [-0.2, 0) is 23.0 Å². The molecule has 0 aliphatic carbocycles. The number of carboxylic acids is 1. The van der Waals surface area contributed by atoms with Gasteiger partial charge in [-0.3, -0.25) is 19.3 Å². The van der Waals surface area contributed by atoms with Crippen molar-refractivity contribution in [3.8, 4) is 16.9 Å². The second kappa shape index (κ2) is 18.1. The zero-order valence-corrected chi connectivity index (χ0v) is 29.7. The third-order valence-corrected chi connectivity index (χ3v) is 8.81. The first kappa shape index (κ1) is 40.9. The Balaban J connectivity index is 0.00000141. The summed E-state index contributed by atoms with van der Waals surface area (Å²) in [4.78, 5) is 46.1. The molecule has 2 aromatic heterocycles. The van der Waals surface area contributed by atoms with Gasteiger partial charge in [-0.2, -0.15) is 0 Å². The molecule has 3 aromatic carbocycles. The number of aliphatic carboxylic acids is 1. The van der Waals surface area contributed by atoms with E-state index in [1.54, 1.807) is 55.1 Å². The van der Waals surface area contributed by atoms with Gasteiger partial charge in [0, 0.05) is 63.4 Å². The van der Waals surface area contributed by atoms with Crippen molar-refractivity contribution in [1.82, 2.24) is 14.9 Å². The van der Waals surface area contributed by atoms with E-state index in [0.29, 0.717) is 69.9 Å². The van der Waals surface area contributed by atoms with Gasteiger partial charge in [-0.25, -0.2) is 9.18 Å². The molecule has 52 heavy (non-hydrogen) atoms. The number of carbonyl (C=O) groups is 2. The molecule has 10 nitrogen and oxygen atoms in total. The smallest absolute Gasteiger partial charge is 0.326 e. The van der Waals surface area contributed by atoms with Crippen molar-refractivity contribution in [2.75, 3.05) is 31.8 Å². The van der Waals surface area contributed by atoms with Crippen molar-refractivity contribution in [2.24, 2.45) is 7.05 Å². The zero-order valence-electron chi connectivity index (χ0n) is 29.7. The van der Waals surface area contributed by atoms with Crippen molar-refractivity contribution >= 4 is 39.4 Å². The van der Waals surface area contributed by atoms with E-state index in [1.165, 1.54) is 13.2 Å². The summed E-state index contributed by atoms with van der Waals surface area (Å²) in [5.74, 6) is -2.42. The first-order valence-electron chi connectivity index (χ1n) is 16.5. The average molecular weight is 727 g/mol. The minimum atomic E-state index is -1.38. The SMILES string of the molecule is CC.COc1c(-c2ccc(C[C@H](NC(=O)c3c(C)cc(N4CCOC[C@H]4C)cc3F)C(=O)O)c3cccnc23)c(=O)n(C)c2ccccc12.F.FF. The maximum absolute atomic E-state index is 15.4. The lowest BCUT2D eigenvalue weighted by Gasteiger charge is -2.35. The van der Waals surface area contributed by atoms with Crippen LogP contribution in [-0.4, -0.2) is 65.5 Å². The van der Waals surface area contributed by atoms with Crippen LogP contribution in [0.3, 0.4) is 0 Å². The molecular formula is C38H42F4N4O6. The van der Waals surface area contributed by atoms with Crippen LogP contribution in [0, 0.1) is 12.7 Å². The molecular weight excluding hydrogens is 684 g/mol. The fourth-order valence-corrected chi connectivity index (χ4v) is 6.47. The summed E-state index contributed by atoms with van der Waals surface area (Å²) in [5.41, 5.74) is 3.16. The topological polar surface area (TPSA) is 123 Å². The molecule has 1 aliphatic heterocycles. The summed E-state index contributed by atoms with van der Waals surface area (Å²) in [7, 11) is 3.20. The number of carboxylic acid groups (broad SMARTS) is 1. The summed E-state index contributed by atoms with van der Waals surface area (Å²) < 4.78 is 44.3. The van der Waals surface area contributed by atoms with Gasteiger partial charge >= 0.3 is 5.97 Å². The Morgan fingerprint density at radius 1 is 1.10 bits per heavy atom. The Morgan fingerprint density at radius 2 is 1.79 bits per heavy atom. The average Bonchev–Trinajstić information content (AvgIpc) is 3.14. The quantitative estimate of drug-likeness (QED) is 0.166. The molecule has 2 N–H and O–H groups in total. The van der Waals surface area contributed by atoms with Crippen molar-refractivity contribution in [3.05, 3.63) is 99.7 Å². The Bertz CT molecular complexity index is 2090. The van der Waals surface area contributed by atoms with Gasteiger partial charge in [-0.05, 0) is 55.3 Å². The number of para-hydroxylation sites is 1. The number of amides is 1. The summed E-state index contributed by atoms with van der Waals surface area (Å²) >= 11 is 0. The van der Waals surface area contributed by atoms with E-state index < -0.39 is 23.7 Å². The van der Waals surface area contributed by atoms with Gasteiger partial charge < -0.3 is 29.4 Å². The fraction of sp³-hybridized carbons (Fsp3) is 0.316. The molecule has 3 heterocycles. The van der Waals surface area contributed by atoms with E-state index in [2.05, 4.69) is 10.3 Å². The third kappa shape index (κ3) is 8.01. The zero-order chi connectivity index (χ0) is 37.4. The van der Waals surface area contributed by atoms with Gasteiger partial charge in [0.25, 0.3) is 11.5 Å². The minimum Gasteiger partial charge on any atom is -0.495 e. The Kier molecular flexibility index (Phi) is 14.3. The lowest BCUT2D eigenvalue weighted by molar-refractivity contribution is -0.139. The highest BCUT2D eigenvalue weighted by Crippen LogP contribution is 2.37. The third-order valence-electron chi connectivity index (χ3n) is 8.81. The van der Waals surface area contributed by atoms with Crippen LogP contribution in [0.15, 0.2) is 71.7 Å². The number of morpholine rings is 1. The Morgan fingerprint density at radius 3 is 2.44 bits per heavy atom. The number of hydrogen-bond donors (Lipinski definition) is 2. The number of nitrogens with zero attached hydrogens (tertiary/aromatic N) is 3. The molecule has 14 heteroatoms. The number of nitrogens with one attached hydrogen (secondary N) is 1. The number of ether oxygens (including phenoxy) is 2. The number of carbonyl (C=O) groups excluding carboxylic acids is 1. The number of fused-ring (bicyclic) bond motifs is 2. The molecule has 5 aromatic rings. The normalized spacial score (nSPS) is 14.2. The van der Waals surface area contributed by atoms with Crippen molar-refractivity contribution < 1.29 is 42.4 Å². The Hall–Kier alpha value is -5.50. The van der Waals surface area contributed by atoms with Crippen LogP contribution >= 0.6 is 0 Å². The summed E-state index contributed by atoms with van der Waals surface area (Å²) in [6.45, 7) is 9.24. The highest BCUT2D eigenvalue weighted by Gasteiger charge is 2.28. The number of anilines is 1. The highest BCUT2D eigenvalue weighted by molar-refractivity contribution is 6.02. The standard InChI is InChI=1S/C36H35FN4O6.C2H6.F2.FH/c1-20-16-23(41-14-15-47-19-21(41)2)18-27(37)30(20)34(42)39-28(36(44)45)17-22-11-12-26(32-24(22)9-7-13-38-32)31-33(46-4)25-8-5-6-10-29(25)40(3)35(31)43;2*1-2;/h5-13,16,18,21,28H,14-15,17,19H2,1-4H3,(H,39,42)(H,44,45);1-2H3;;1H/t21-,28+;;;/m1.../s1. The fourth-order valence-electron chi connectivity index (χ4n) is 6.47. The van der Waals surface area contributed by atoms with Crippen LogP contribution in [0.2, 0.25) is 0 Å². The van der Waals surface area contributed by atoms with Gasteiger partial charge in [0.1, 0.15) is 17.6 Å². The maximum Gasteiger partial charge on any atom is 0.326 e. The number of pyridine rings is 2. The number of aromatic nitrogens is 2. The number of halogens is 4. The van der Waals surface area contributed by atoms with Gasteiger partial charge in [0.05, 0.1) is 42.5 Å². The lowest BCUT2D eigenvalue weighted by Crippen LogP contribution is -2.44. The van der Waals surface area contributed by atoms with Crippen LogP contribution in [0.5, 0.6) is 5.75 Å². The van der Waals surface area contributed by atoms with Crippen molar-refractivity contribution in [2.45, 2.75) is 46.2 Å². The lowest BCUT2D eigenvalue weighted by atomic mass is 9.94. The predicted octanol–water partition coefficient (Wildman–Crippen LogP) is 6.88. The molecule has 2 atom stereocenters. The van der Waals surface area contributed by atoms with Crippen LogP contribution in [0.4, 0.5) is 23.9 Å². The van der Waals surface area contributed by atoms with E-state index in [1.807, 2.05) is 49.9 Å². The number of aryl methyl sites for hydroxylation is 2. The predicted molar refractivity (Wildman–Crippen MR) is 194 cm³/mol. The molecule has 0 saturated carbocycles. The molecule has 0 unspecified atom stereocenters. The van der Waals surface area contributed by atoms with Gasteiger partial charge in [0.15, 0.2) is 0 Å². The molecule has 1 aliphatic rings. The van der Waals surface area contributed by atoms with E-state index >= 15 is 4.39 Å². The van der Waals surface area contributed by atoms with E-state index in [-0.39, 0.29) is 28.3 Å². The maximum atomic E-state index is 15.4. The highest BCUT2D eigenvalue weighted by atomic mass is 20.0. The number of rotatable bonds is 8. The summed E-state index contributed by atoms with van der Waals surface area (Å²) in [6.07, 6.45) is 1.48. The number of methoxy groups -OCH3 is 1. The van der Waals surface area contributed by atoms with Gasteiger partial charge in [-0.15, -0.1) is 0 Å². The summed E-state index contributed by atoms with van der Waals surface area (Å²) in [6, 6.07) is 16.1. The minimum absolute atomic E-state index is 0. The first-order valence-corrected chi connectivity index (χ1v) is 16.5. The molecule has 0 spiro atoms. The molecule has 6 rings (SSSR count). The van der Waals surface area contributed by atoms with E-state index in [4.69, 9.17) is 18.6 Å². The monoisotopic (exact) mass is 726 g/mol. The molecule has 1 amide bonds. The van der Waals surface area contributed by atoms with E-state index in [0.717, 1.165) is 5.39 Å². The second-order valence-electron chi connectivity index (χ2n) is 11.8. The van der Waals surface area contributed by atoms with Gasteiger partial charge in [0.2, 0.25) is 0 Å². The van der Waals surface area contributed by atoms with Crippen LogP contribution in [0.1, 0.15) is 42.3 Å². The van der Waals surface area contributed by atoms with Crippen molar-refractivity contribution in [3.63, 3.8) is 0 Å². The second-order valence-corrected chi connectivity index (χ2v) is 11.8. The first-order chi connectivity index (χ1) is 24.6. The van der Waals surface area contributed by atoms with Crippen LogP contribution < -0.4 is 20.5 Å². The molecule has 1 saturated heterocycles. The van der Waals surface area contributed by atoms with Gasteiger partial charge in [-0.1, -0.05) is 44.2 Å². The van der Waals surface area contributed by atoms with Crippen LogP contribution in [0.25, 0.3) is 32.9 Å². The number of hydrogen-bond acceptors (Lipinski definition) is 7. The largest absolute Gasteiger partial charge is 0.495 e. The number of benzene rings is 3. The van der Waals surface area contributed by atoms with Crippen molar-refractivity contribution in [1.29, 1.82) is 0 Å². The van der Waals surface area contributed by atoms with E-state index in [9.17, 15) is 19.5 Å². The molecule has 0 bridgehead atoms. The summed E-state index contributed by atoms with van der Waals surface area (Å²) in [5, 5.41) is 14.0. The molecule has 0 radical (unpaired) electrons. The molecule has 1 fully saturated rings. The molecule has 278 valence electrons. The Labute approximate surface area is 298 Å².